The molecule has 0 radical (unpaired) electrons. The van der Waals surface area contributed by atoms with E-state index in [-0.39, 0.29) is 5.91 Å². The molecule has 2 N–H and O–H groups in total. The summed E-state index contributed by atoms with van der Waals surface area (Å²) in [6, 6.07) is 7.47. The fraction of sp³-hybridized carbons (Fsp3) is 0.588. The summed E-state index contributed by atoms with van der Waals surface area (Å²) in [5, 5.41) is 0. The van der Waals surface area contributed by atoms with Crippen LogP contribution in [0.25, 0.3) is 0 Å². The highest BCUT2D eigenvalue weighted by Gasteiger charge is 2.28. The number of hydrogen-bond donors (Lipinski definition) is 1. The summed E-state index contributed by atoms with van der Waals surface area (Å²) in [5.74, 6) is 1.85. The number of piperidine rings is 1. The van der Waals surface area contributed by atoms with Crippen molar-refractivity contribution in [2.45, 2.75) is 26.7 Å². The molecule has 1 aromatic carbocycles. The standard InChI is InChI=1S/C17H26N2O2/c1-3-9-21-16-6-4-5-14(10-16)17(20)19-8-7-13(2)15(11-18)12-19/h4-6,10,13,15H,3,7-9,11-12,18H2,1-2H3. The predicted molar refractivity (Wildman–Crippen MR) is 84.5 cm³/mol. The average Bonchev–Trinajstić information content (AvgIpc) is 2.53. The molecule has 0 aliphatic carbocycles. The Kier molecular flexibility index (Phi) is 5.62. The molecule has 1 fully saturated rings. The maximum Gasteiger partial charge on any atom is 0.253 e. The molecule has 2 unspecified atom stereocenters. The van der Waals surface area contributed by atoms with Crippen molar-refractivity contribution in [2.24, 2.45) is 17.6 Å². The number of ether oxygens (including phenoxy) is 1. The molecule has 2 atom stereocenters. The van der Waals surface area contributed by atoms with Crippen LogP contribution in [0.2, 0.25) is 0 Å². The first-order valence-corrected chi connectivity index (χ1v) is 7.88. The second kappa shape index (κ2) is 7.46. The summed E-state index contributed by atoms with van der Waals surface area (Å²) in [6.07, 6.45) is 1.99. The number of nitrogens with two attached hydrogens (primary N) is 1. The van der Waals surface area contributed by atoms with Crippen LogP contribution in [-0.2, 0) is 0 Å². The number of amides is 1. The smallest absolute Gasteiger partial charge is 0.253 e. The summed E-state index contributed by atoms with van der Waals surface area (Å²) in [7, 11) is 0. The van der Waals surface area contributed by atoms with Crippen molar-refractivity contribution in [1.29, 1.82) is 0 Å². The number of rotatable bonds is 5. The number of likely N-dealkylation sites (tertiary alicyclic amines) is 1. The van der Waals surface area contributed by atoms with Crippen molar-refractivity contribution in [3.8, 4) is 5.75 Å². The van der Waals surface area contributed by atoms with Gasteiger partial charge in [-0.2, -0.15) is 0 Å². The molecule has 4 nitrogen and oxygen atoms in total. The van der Waals surface area contributed by atoms with E-state index in [4.69, 9.17) is 10.5 Å². The lowest BCUT2D eigenvalue weighted by Gasteiger charge is -2.36. The van der Waals surface area contributed by atoms with Gasteiger partial charge in [-0.1, -0.05) is 19.9 Å². The molecule has 0 spiro atoms. The van der Waals surface area contributed by atoms with Crippen LogP contribution in [0.15, 0.2) is 24.3 Å². The Morgan fingerprint density at radius 3 is 3.00 bits per heavy atom. The molecule has 21 heavy (non-hydrogen) atoms. The molecule has 1 amide bonds. The van der Waals surface area contributed by atoms with E-state index >= 15 is 0 Å². The molecule has 1 heterocycles. The molecular weight excluding hydrogens is 264 g/mol. The second-order valence-corrected chi connectivity index (χ2v) is 5.89. The van der Waals surface area contributed by atoms with Crippen molar-refractivity contribution in [1.82, 2.24) is 4.90 Å². The van der Waals surface area contributed by atoms with E-state index < -0.39 is 0 Å². The van der Waals surface area contributed by atoms with Crippen LogP contribution < -0.4 is 10.5 Å². The quantitative estimate of drug-likeness (QED) is 0.906. The topological polar surface area (TPSA) is 55.6 Å². The number of carbonyl (C=O) groups is 1. The highest BCUT2D eigenvalue weighted by Crippen LogP contribution is 2.24. The van der Waals surface area contributed by atoms with Crippen molar-refractivity contribution < 1.29 is 9.53 Å². The zero-order chi connectivity index (χ0) is 15.2. The van der Waals surface area contributed by atoms with E-state index in [0.717, 1.165) is 31.7 Å². The first-order chi connectivity index (χ1) is 10.2. The maximum absolute atomic E-state index is 12.6. The molecule has 4 heteroatoms. The predicted octanol–water partition coefficient (Wildman–Crippen LogP) is 2.53. The van der Waals surface area contributed by atoms with Crippen molar-refractivity contribution >= 4 is 5.91 Å². The third-order valence-electron chi connectivity index (χ3n) is 4.26. The first-order valence-electron chi connectivity index (χ1n) is 7.88. The number of nitrogens with zero attached hydrogens (tertiary/aromatic N) is 1. The monoisotopic (exact) mass is 290 g/mol. The van der Waals surface area contributed by atoms with Crippen LogP contribution in [-0.4, -0.2) is 37.0 Å². The average molecular weight is 290 g/mol. The summed E-state index contributed by atoms with van der Waals surface area (Å²) >= 11 is 0. The molecule has 0 saturated carbocycles. The van der Waals surface area contributed by atoms with Crippen LogP contribution in [0.3, 0.4) is 0 Å². The molecule has 2 rings (SSSR count). The highest BCUT2D eigenvalue weighted by molar-refractivity contribution is 5.94. The summed E-state index contributed by atoms with van der Waals surface area (Å²) in [5.41, 5.74) is 6.52. The summed E-state index contributed by atoms with van der Waals surface area (Å²) in [4.78, 5) is 14.6. The van der Waals surface area contributed by atoms with Crippen LogP contribution in [0.5, 0.6) is 5.75 Å². The third kappa shape index (κ3) is 3.97. The lowest BCUT2D eigenvalue weighted by Crippen LogP contribution is -2.45. The van der Waals surface area contributed by atoms with Gasteiger partial charge in [0.1, 0.15) is 5.75 Å². The van der Waals surface area contributed by atoms with E-state index in [1.54, 1.807) is 0 Å². The van der Waals surface area contributed by atoms with E-state index in [1.807, 2.05) is 29.2 Å². The Balaban J connectivity index is 2.05. The Bertz CT molecular complexity index is 476. The first kappa shape index (κ1) is 15.8. The van der Waals surface area contributed by atoms with E-state index in [1.165, 1.54) is 0 Å². The SMILES string of the molecule is CCCOc1cccc(C(=O)N2CCC(C)C(CN)C2)c1. The zero-order valence-electron chi connectivity index (χ0n) is 13.0. The maximum atomic E-state index is 12.6. The summed E-state index contributed by atoms with van der Waals surface area (Å²) < 4.78 is 5.60. The van der Waals surface area contributed by atoms with Gasteiger partial charge in [0.25, 0.3) is 5.91 Å². The van der Waals surface area contributed by atoms with Gasteiger partial charge in [0.2, 0.25) is 0 Å². The van der Waals surface area contributed by atoms with Gasteiger partial charge >= 0.3 is 0 Å². The molecule has 1 saturated heterocycles. The lowest BCUT2D eigenvalue weighted by atomic mass is 9.87. The minimum Gasteiger partial charge on any atom is -0.494 e. The van der Waals surface area contributed by atoms with Gasteiger partial charge in [0, 0.05) is 18.7 Å². The van der Waals surface area contributed by atoms with Crippen molar-refractivity contribution in [2.75, 3.05) is 26.2 Å². The Labute approximate surface area is 127 Å². The van der Waals surface area contributed by atoms with Crippen molar-refractivity contribution in [3.05, 3.63) is 29.8 Å². The molecular formula is C17H26N2O2. The Morgan fingerprint density at radius 1 is 1.48 bits per heavy atom. The largest absolute Gasteiger partial charge is 0.494 e. The lowest BCUT2D eigenvalue weighted by molar-refractivity contribution is 0.0618. The van der Waals surface area contributed by atoms with Crippen LogP contribution in [0.4, 0.5) is 0 Å². The molecule has 0 aromatic heterocycles. The Morgan fingerprint density at radius 2 is 2.29 bits per heavy atom. The van der Waals surface area contributed by atoms with Gasteiger partial charge in [-0.25, -0.2) is 0 Å². The van der Waals surface area contributed by atoms with Crippen LogP contribution >= 0.6 is 0 Å². The second-order valence-electron chi connectivity index (χ2n) is 5.89. The summed E-state index contributed by atoms with van der Waals surface area (Å²) in [6.45, 7) is 7.18. The fourth-order valence-electron chi connectivity index (χ4n) is 2.76. The molecule has 1 aliphatic heterocycles. The van der Waals surface area contributed by atoms with E-state index in [0.29, 0.717) is 30.6 Å². The van der Waals surface area contributed by atoms with Gasteiger partial charge in [-0.3, -0.25) is 4.79 Å². The van der Waals surface area contributed by atoms with Gasteiger partial charge in [-0.15, -0.1) is 0 Å². The van der Waals surface area contributed by atoms with Crippen molar-refractivity contribution in [3.63, 3.8) is 0 Å². The number of carbonyl (C=O) groups excluding carboxylic acids is 1. The molecule has 116 valence electrons. The number of benzene rings is 1. The number of hydrogen-bond acceptors (Lipinski definition) is 3. The Hall–Kier alpha value is -1.55. The van der Waals surface area contributed by atoms with E-state index in [2.05, 4.69) is 13.8 Å². The van der Waals surface area contributed by atoms with Crippen LogP contribution in [0.1, 0.15) is 37.0 Å². The minimum absolute atomic E-state index is 0.0855. The molecule has 0 bridgehead atoms. The molecule has 1 aromatic rings. The van der Waals surface area contributed by atoms with E-state index in [9.17, 15) is 4.79 Å². The van der Waals surface area contributed by atoms with Gasteiger partial charge in [0.05, 0.1) is 6.61 Å². The van der Waals surface area contributed by atoms with Gasteiger partial charge in [-0.05, 0) is 49.4 Å². The van der Waals surface area contributed by atoms with Crippen LogP contribution in [0, 0.1) is 11.8 Å². The molecule has 1 aliphatic rings. The normalized spacial score (nSPS) is 22.1. The zero-order valence-corrected chi connectivity index (χ0v) is 13.0. The fourth-order valence-corrected chi connectivity index (χ4v) is 2.76. The minimum atomic E-state index is 0.0855. The van der Waals surface area contributed by atoms with Gasteiger partial charge < -0.3 is 15.4 Å². The third-order valence-corrected chi connectivity index (χ3v) is 4.26. The highest BCUT2D eigenvalue weighted by atomic mass is 16.5. The van der Waals surface area contributed by atoms with Gasteiger partial charge in [0.15, 0.2) is 0 Å².